The van der Waals surface area contributed by atoms with Crippen molar-refractivity contribution in [2.75, 3.05) is 10.6 Å². The minimum absolute atomic E-state index is 0.0183. The van der Waals surface area contributed by atoms with Gasteiger partial charge >= 0.3 is 0 Å². The molecule has 1 amide bonds. The zero-order valence-electron chi connectivity index (χ0n) is 15.3. The van der Waals surface area contributed by atoms with Gasteiger partial charge in [0, 0.05) is 31.3 Å². The number of rotatable bonds is 7. The maximum atomic E-state index is 12.6. The average Bonchev–Trinajstić information content (AvgIpc) is 2.68. The van der Waals surface area contributed by atoms with Crippen molar-refractivity contribution in [2.45, 2.75) is 26.5 Å². The SMILES string of the molecule is CC(C)Oc1ccccc1NC(=O)c1cncc(NCc2cccnc2)c1. The zero-order chi connectivity index (χ0) is 19.1. The van der Waals surface area contributed by atoms with Crippen LogP contribution in [0.2, 0.25) is 0 Å². The molecule has 0 aliphatic carbocycles. The summed E-state index contributed by atoms with van der Waals surface area (Å²) >= 11 is 0. The second kappa shape index (κ2) is 8.80. The lowest BCUT2D eigenvalue weighted by molar-refractivity contribution is 0.102. The Morgan fingerprint density at radius 1 is 1.07 bits per heavy atom. The van der Waals surface area contributed by atoms with E-state index in [1.54, 1.807) is 24.7 Å². The summed E-state index contributed by atoms with van der Waals surface area (Å²) < 4.78 is 5.74. The lowest BCUT2D eigenvalue weighted by atomic mass is 10.2. The number of hydrogen-bond donors (Lipinski definition) is 2. The predicted octanol–water partition coefficient (Wildman–Crippen LogP) is 4.13. The normalized spacial score (nSPS) is 10.5. The predicted molar refractivity (Wildman–Crippen MR) is 106 cm³/mol. The van der Waals surface area contributed by atoms with Gasteiger partial charge in [0.2, 0.25) is 0 Å². The highest BCUT2D eigenvalue weighted by Crippen LogP contribution is 2.25. The van der Waals surface area contributed by atoms with Crippen LogP contribution in [0.4, 0.5) is 11.4 Å². The molecule has 0 aliphatic heterocycles. The van der Waals surface area contributed by atoms with E-state index in [1.165, 1.54) is 6.20 Å². The number of carbonyl (C=O) groups excluding carboxylic acids is 1. The molecule has 2 aromatic heterocycles. The van der Waals surface area contributed by atoms with Gasteiger partial charge in [-0.05, 0) is 43.7 Å². The first-order valence-corrected chi connectivity index (χ1v) is 8.76. The third kappa shape index (κ3) is 5.28. The van der Waals surface area contributed by atoms with Gasteiger partial charge < -0.3 is 15.4 Å². The molecule has 0 fully saturated rings. The summed E-state index contributed by atoms with van der Waals surface area (Å²) in [4.78, 5) is 20.9. The maximum Gasteiger partial charge on any atom is 0.257 e. The summed E-state index contributed by atoms with van der Waals surface area (Å²) in [5.74, 6) is 0.395. The summed E-state index contributed by atoms with van der Waals surface area (Å²) in [6, 6.07) is 13.0. The Hall–Kier alpha value is -3.41. The highest BCUT2D eigenvalue weighted by Gasteiger charge is 2.11. The van der Waals surface area contributed by atoms with Crippen LogP contribution in [-0.2, 0) is 6.54 Å². The number of anilines is 2. The van der Waals surface area contributed by atoms with Gasteiger partial charge in [-0.25, -0.2) is 0 Å². The lowest BCUT2D eigenvalue weighted by Crippen LogP contribution is -2.15. The van der Waals surface area contributed by atoms with Crippen LogP contribution in [0.1, 0.15) is 29.8 Å². The number of amides is 1. The summed E-state index contributed by atoms with van der Waals surface area (Å²) in [5, 5.41) is 6.14. The minimum atomic E-state index is -0.243. The largest absolute Gasteiger partial charge is 0.489 e. The van der Waals surface area contributed by atoms with Crippen molar-refractivity contribution >= 4 is 17.3 Å². The maximum absolute atomic E-state index is 12.6. The molecule has 0 atom stereocenters. The summed E-state index contributed by atoms with van der Waals surface area (Å²) in [6.45, 7) is 4.49. The molecule has 0 bridgehead atoms. The molecule has 6 heteroatoms. The van der Waals surface area contributed by atoms with E-state index in [-0.39, 0.29) is 12.0 Å². The molecule has 2 N–H and O–H groups in total. The van der Waals surface area contributed by atoms with Crippen LogP contribution in [0.25, 0.3) is 0 Å². The van der Waals surface area contributed by atoms with Gasteiger partial charge in [-0.3, -0.25) is 14.8 Å². The minimum Gasteiger partial charge on any atom is -0.489 e. The molecule has 0 radical (unpaired) electrons. The van der Waals surface area contributed by atoms with E-state index in [0.29, 0.717) is 23.5 Å². The third-order valence-electron chi connectivity index (χ3n) is 3.72. The molecule has 0 saturated heterocycles. The number of nitrogens with one attached hydrogen (secondary N) is 2. The fraction of sp³-hybridized carbons (Fsp3) is 0.190. The van der Waals surface area contributed by atoms with Crippen molar-refractivity contribution in [1.29, 1.82) is 0 Å². The molecule has 0 saturated carbocycles. The molecular formula is C21H22N4O2. The van der Waals surface area contributed by atoms with E-state index in [4.69, 9.17) is 4.74 Å². The number of carbonyl (C=O) groups is 1. The van der Waals surface area contributed by atoms with Crippen molar-refractivity contribution in [1.82, 2.24) is 9.97 Å². The number of ether oxygens (including phenoxy) is 1. The molecule has 2 heterocycles. The Balaban J connectivity index is 1.69. The molecule has 0 unspecified atom stereocenters. The van der Waals surface area contributed by atoms with Crippen LogP contribution in [0, 0.1) is 0 Å². The fourth-order valence-corrected chi connectivity index (χ4v) is 2.49. The first-order valence-electron chi connectivity index (χ1n) is 8.76. The molecule has 3 rings (SSSR count). The molecular weight excluding hydrogens is 340 g/mol. The summed E-state index contributed by atoms with van der Waals surface area (Å²) in [6.07, 6.45) is 6.77. The second-order valence-corrected chi connectivity index (χ2v) is 6.29. The number of nitrogens with zero attached hydrogens (tertiary/aromatic N) is 2. The molecule has 27 heavy (non-hydrogen) atoms. The van der Waals surface area contributed by atoms with Gasteiger partial charge in [0.15, 0.2) is 0 Å². The molecule has 0 aliphatic rings. The van der Waals surface area contributed by atoms with E-state index in [1.807, 2.05) is 50.2 Å². The Morgan fingerprint density at radius 3 is 2.70 bits per heavy atom. The van der Waals surface area contributed by atoms with Gasteiger partial charge in [-0.15, -0.1) is 0 Å². The zero-order valence-corrected chi connectivity index (χ0v) is 15.3. The summed E-state index contributed by atoms with van der Waals surface area (Å²) in [7, 11) is 0. The van der Waals surface area contributed by atoms with Gasteiger partial charge in [0.05, 0.1) is 23.0 Å². The first-order chi connectivity index (χ1) is 13.1. The second-order valence-electron chi connectivity index (χ2n) is 6.29. The highest BCUT2D eigenvalue weighted by atomic mass is 16.5. The van der Waals surface area contributed by atoms with Crippen LogP contribution >= 0.6 is 0 Å². The van der Waals surface area contributed by atoms with Crippen molar-refractivity contribution in [3.63, 3.8) is 0 Å². The number of para-hydroxylation sites is 2. The van der Waals surface area contributed by atoms with E-state index in [9.17, 15) is 4.79 Å². The smallest absolute Gasteiger partial charge is 0.257 e. The van der Waals surface area contributed by atoms with E-state index in [2.05, 4.69) is 20.6 Å². The van der Waals surface area contributed by atoms with Crippen LogP contribution in [0.3, 0.4) is 0 Å². The molecule has 1 aromatic carbocycles. The monoisotopic (exact) mass is 362 g/mol. The topological polar surface area (TPSA) is 76.1 Å². The number of hydrogen-bond acceptors (Lipinski definition) is 5. The standard InChI is InChI=1S/C21H22N4O2/c1-15(2)27-20-8-4-3-7-19(20)25-21(26)17-10-18(14-23-13-17)24-12-16-6-5-9-22-11-16/h3-11,13-15,24H,12H2,1-2H3,(H,25,26). The molecule has 0 spiro atoms. The van der Waals surface area contributed by atoms with Crippen LogP contribution in [0.5, 0.6) is 5.75 Å². The molecule has 6 nitrogen and oxygen atoms in total. The van der Waals surface area contributed by atoms with Gasteiger partial charge in [-0.2, -0.15) is 0 Å². The van der Waals surface area contributed by atoms with Crippen LogP contribution in [-0.4, -0.2) is 22.0 Å². The average molecular weight is 362 g/mol. The van der Waals surface area contributed by atoms with Crippen molar-refractivity contribution in [2.24, 2.45) is 0 Å². The van der Waals surface area contributed by atoms with Crippen LogP contribution in [0.15, 0.2) is 67.3 Å². The van der Waals surface area contributed by atoms with Crippen LogP contribution < -0.4 is 15.4 Å². The fourth-order valence-electron chi connectivity index (χ4n) is 2.49. The van der Waals surface area contributed by atoms with Gasteiger partial charge in [-0.1, -0.05) is 18.2 Å². The highest BCUT2D eigenvalue weighted by molar-refractivity contribution is 6.05. The van der Waals surface area contributed by atoms with Crippen molar-refractivity contribution in [3.8, 4) is 5.75 Å². The van der Waals surface area contributed by atoms with Crippen molar-refractivity contribution < 1.29 is 9.53 Å². The van der Waals surface area contributed by atoms with E-state index >= 15 is 0 Å². The Labute approximate surface area is 158 Å². The van der Waals surface area contributed by atoms with Gasteiger partial charge in [0.1, 0.15) is 5.75 Å². The Kier molecular flexibility index (Phi) is 5.99. The number of aromatic nitrogens is 2. The number of benzene rings is 1. The lowest BCUT2D eigenvalue weighted by Gasteiger charge is -2.15. The summed E-state index contributed by atoms with van der Waals surface area (Å²) in [5.41, 5.74) is 2.90. The Bertz CT molecular complexity index is 897. The number of pyridine rings is 2. The van der Waals surface area contributed by atoms with E-state index < -0.39 is 0 Å². The molecule has 3 aromatic rings. The molecule has 138 valence electrons. The third-order valence-corrected chi connectivity index (χ3v) is 3.72. The first kappa shape index (κ1) is 18.4. The van der Waals surface area contributed by atoms with E-state index in [0.717, 1.165) is 11.3 Å². The quantitative estimate of drug-likeness (QED) is 0.661. The Morgan fingerprint density at radius 2 is 1.93 bits per heavy atom. The van der Waals surface area contributed by atoms with Crippen molar-refractivity contribution in [3.05, 3.63) is 78.4 Å². The van der Waals surface area contributed by atoms with Gasteiger partial charge in [0.25, 0.3) is 5.91 Å².